The van der Waals surface area contributed by atoms with Gasteiger partial charge >= 0.3 is 0 Å². The molecule has 1 aliphatic heterocycles. The fourth-order valence-electron chi connectivity index (χ4n) is 1.73. The van der Waals surface area contributed by atoms with Crippen molar-refractivity contribution >= 4 is 15.9 Å². The monoisotopic (exact) mass is 233 g/mol. The van der Waals surface area contributed by atoms with E-state index in [0.717, 1.165) is 0 Å². The molecule has 0 spiro atoms. The molecule has 0 bridgehead atoms. The average molecular weight is 233 g/mol. The maximum absolute atomic E-state index is 11.8. The van der Waals surface area contributed by atoms with E-state index >= 15 is 0 Å². The van der Waals surface area contributed by atoms with Gasteiger partial charge in [0.25, 0.3) is 0 Å². The summed E-state index contributed by atoms with van der Waals surface area (Å²) in [4.78, 5) is 11.1. The van der Waals surface area contributed by atoms with E-state index in [1.165, 1.54) is 4.31 Å². The molecule has 1 fully saturated rings. The van der Waals surface area contributed by atoms with Crippen LogP contribution in [-0.2, 0) is 14.8 Å². The number of nitrogens with two attached hydrogens (primary N) is 1. The van der Waals surface area contributed by atoms with Crippen molar-refractivity contribution in [3.8, 4) is 0 Å². The van der Waals surface area contributed by atoms with Crippen LogP contribution in [0.25, 0.3) is 0 Å². The second kappa shape index (κ2) is 4.94. The highest BCUT2D eigenvalue weighted by atomic mass is 32.2. The predicted octanol–water partition coefficient (Wildman–Crippen LogP) is -0.120. The van der Waals surface area contributed by atoms with Crippen molar-refractivity contribution < 1.29 is 13.2 Å². The van der Waals surface area contributed by atoms with Gasteiger partial charge in [-0.05, 0) is 25.7 Å². The Morgan fingerprint density at radius 3 is 2.80 bits per heavy atom. The fraction of sp³-hybridized carbons (Fsp3) is 0.778. The van der Waals surface area contributed by atoms with E-state index in [-0.39, 0.29) is 5.75 Å². The van der Waals surface area contributed by atoms with Crippen LogP contribution in [0, 0.1) is 6.42 Å². The largest absolute Gasteiger partial charge is 0.368 e. The summed E-state index contributed by atoms with van der Waals surface area (Å²) in [5, 5.41) is 0. The van der Waals surface area contributed by atoms with Crippen LogP contribution >= 0.6 is 0 Å². The highest BCUT2D eigenvalue weighted by Crippen LogP contribution is 2.20. The zero-order valence-corrected chi connectivity index (χ0v) is 9.66. The highest BCUT2D eigenvalue weighted by Gasteiger charge is 2.34. The zero-order chi connectivity index (χ0) is 11.5. The van der Waals surface area contributed by atoms with Crippen LogP contribution in [-0.4, -0.2) is 37.0 Å². The maximum atomic E-state index is 11.8. The first-order valence-corrected chi connectivity index (χ1v) is 6.70. The molecule has 1 aliphatic rings. The first kappa shape index (κ1) is 12.4. The standard InChI is InChI=1S/C9H17N2O3S/c1-2-7-15(13,14)11-6-4-3-5-8(11)9(10)12/h3,8H,2,4-7H2,1H3,(H2,10,12). The van der Waals surface area contributed by atoms with Crippen molar-refractivity contribution in [2.45, 2.75) is 32.2 Å². The van der Waals surface area contributed by atoms with Crippen LogP contribution in [0.1, 0.15) is 26.2 Å². The van der Waals surface area contributed by atoms with Gasteiger partial charge in [-0.3, -0.25) is 4.79 Å². The van der Waals surface area contributed by atoms with Gasteiger partial charge in [0.05, 0.1) is 5.75 Å². The lowest BCUT2D eigenvalue weighted by molar-refractivity contribution is -0.122. The number of nitrogens with zero attached hydrogens (tertiary/aromatic N) is 1. The zero-order valence-electron chi connectivity index (χ0n) is 8.85. The molecular weight excluding hydrogens is 216 g/mol. The molecule has 0 saturated carbocycles. The molecule has 2 N–H and O–H groups in total. The average Bonchev–Trinajstić information content (AvgIpc) is 2.17. The summed E-state index contributed by atoms with van der Waals surface area (Å²) in [7, 11) is -3.32. The molecule has 1 heterocycles. The number of carbonyl (C=O) groups is 1. The van der Waals surface area contributed by atoms with Gasteiger partial charge in [-0.25, -0.2) is 8.42 Å². The third-order valence-electron chi connectivity index (χ3n) is 2.44. The Morgan fingerprint density at radius 1 is 1.60 bits per heavy atom. The Hall–Kier alpha value is -0.620. The summed E-state index contributed by atoms with van der Waals surface area (Å²) < 4.78 is 24.9. The summed E-state index contributed by atoms with van der Waals surface area (Å²) in [5.41, 5.74) is 5.19. The van der Waals surface area contributed by atoms with E-state index in [1.807, 2.05) is 6.42 Å². The molecule has 1 unspecified atom stereocenters. The van der Waals surface area contributed by atoms with Gasteiger partial charge in [0.1, 0.15) is 6.04 Å². The molecule has 5 nitrogen and oxygen atoms in total. The van der Waals surface area contributed by atoms with Crippen molar-refractivity contribution in [1.29, 1.82) is 0 Å². The second-order valence-electron chi connectivity index (χ2n) is 3.66. The number of carbonyl (C=O) groups excluding carboxylic acids is 1. The van der Waals surface area contributed by atoms with Gasteiger partial charge in [-0.1, -0.05) is 6.92 Å². The lowest BCUT2D eigenvalue weighted by atomic mass is 10.0. The van der Waals surface area contributed by atoms with E-state index in [1.54, 1.807) is 6.92 Å². The van der Waals surface area contributed by atoms with Gasteiger partial charge in [0, 0.05) is 6.54 Å². The summed E-state index contributed by atoms with van der Waals surface area (Å²) in [6.07, 6.45) is 3.58. The number of hydrogen-bond acceptors (Lipinski definition) is 3. The molecule has 0 aliphatic carbocycles. The number of hydrogen-bond donors (Lipinski definition) is 1. The van der Waals surface area contributed by atoms with Crippen LogP contribution < -0.4 is 5.73 Å². The lowest BCUT2D eigenvalue weighted by Crippen LogP contribution is -2.51. The third-order valence-corrected chi connectivity index (χ3v) is 4.51. The van der Waals surface area contributed by atoms with E-state index in [9.17, 15) is 13.2 Å². The molecule has 1 rings (SSSR count). The Balaban J connectivity index is 2.85. The molecule has 0 aromatic heterocycles. The minimum atomic E-state index is -3.32. The van der Waals surface area contributed by atoms with Crippen LogP contribution in [0.5, 0.6) is 0 Å². The molecule has 1 atom stereocenters. The summed E-state index contributed by atoms with van der Waals surface area (Å²) in [5.74, 6) is -0.484. The van der Waals surface area contributed by atoms with Crippen LogP contribution in [0.15, 0.2) is 0 Å². The smallest absolute Gasteiger partial charge is 0.235 e. The van der Waals surface area contributed by atoms with Gasteiger partial charge in [-0.15, -0.1) is 0 Å². The van der Waals surface area contributed by atoms with E-state index in [4.69, 9.17) is 5.73 Å². The molecule has 87 valence electrons. The molecular formula is C9H17N2O3S. The number of rotatable bonds is 4. The van der Waals surface area contributed by atoms with E-state index < -0.39 is 22.0 Å². The van der Waals surface area contributed by atoms with Gasteiger partial charge < -0.3 is 5.73 Å². The first-order chi connectivity index (χ1) is 6.99. The second-order valence-corrected chi connectivity index (χ2v) is 5.70. The Labute approximate surface area is 90.7 Å². The molecule has 6 heteroatoms. The topological polar surface area (TPSA) is 80.5 Å². The Kier molecular flexibility index (Phi) is 4.10. The lowest BCUT2D eigenvalue weighted by Gasteiger charge is -2.32. The van der Waals surface area contributed by atoms with E-state index in [0.29, 0.717) is 25.8 Å². The SMILES string of the molecule is CCCS(=O)(=O)N1CC[CH]CC1C(N)=O. The summed E-state index contributed by atoms with van der Waals surface area (Å²) in [6.45, 7) is 2.17. The van der Waals surface area contributed by atoms with E-state index in [2.05, 4.69) is 0 Å². The van der Waals surface area contributed by atoms with Crippen LogP contribution in [0.2, 0.25) is 0 Å². The number of sulfonamides is 1. The number of piperidine rings is 1. The normalized spacial score (nSPS) is 23.9. The number of primary amides is 1. The fourth-order valence-corrected chi connectivity index (χ4v) is 3.45. The van der Waals surface area contributed by atoms with Crippen LogP contribution in [0.4, 0.5) is 0 Å². The summed E-state index contributed by atoms with van der Waals surface area (Å²) >= 11 is 0. The van der Waals surface area contributed by atoms with Crippen molar-refractivity contribution in [2.75, 3.05) is 12.3 Å². The van der Waals surface area contributed by atoms with Crippen molar-refractivity contribution in [2.24, 2.45) is 5.73 Å². The first-order valence-electron chi connectivity index (χ1n) is 5.09. The molecule has 0 aromatic carbocycles. The molecule has 1 saturated heterocycles. The maximum Gasteiger partial charge on any atom is 0.235 e. The third kappa shape index (κ3) is 2.92. The molecule has 1 amide bonds. The quantitative estimate of drug-likeness (QED) is 0.735. The molecule has 1 radical (unpaired) electrons. The minimum absolute atomic E-state index is 0.0801. The van der Waals surface area contributed by atoms with Crippen molar-refractivity contribution in [3.05, 3.63) is 6.42 Å². The summed E-state index contributed by atoms with van der Waals surface area (Å²) in [6, 6.07) is -0.685. The number of amides is 1. The van der Waals surface area contributed by atoms with Gasteiger partial charge in [-0.2, -0.15) is 4.31 Å². The highest BCUT2D eigenvalue weighted by molar-refractivity contribution is 7.89. The van der Waals surface area contributed by atoms with Crippen molar-refractivity contribution in [3.63, 3.8) is 0 Å². The Morgan fingerprint density at radius 2 is 2.27 bits per heavy atom. The predicted molar refractivity (Wildman–Crippen MR) is 57.3 cm³/mol. The van der Waals surface area contributed by atoms with Crippen LogP contribution in [0.3, 0.4) is 0 Å². The molecule has 0 aromatic rings. The van der Waals surface area contributed by atoms with Crippen molar-refractivity contribution in [1.82, 2.24) is 4.31 Å². The Bertz CT molecular complexity index is 326. The van der Waals surface area contributed by atoms with Gasteiger partial charge in [0.15, 0.2) is 0 Å². The minimum Gasteiger partial charge on any atom is -0.368 e. The van der Waals surface area contributed by atoms with Gasteiger partial charge in [0.2, 0.25) is 15.9 Å². The molecule has 15 heavy (non-hydrogen) atoms.